The Morgan fingerprint density at radius 2 is 1.73 bits per heavy atom. The lowest BCUT2D eigenvalue weighted by Gasteiger charge is -2.12. The maximum Gasteiger partial charge on any atom is 0.256 e. The molecule has 116 valence electrons. The van der Waals surface area contributed by atoms with Gasteiger partial charge in [-0.05, 0) is 48.9 Å². The second kappa shape index (κ2) is 6.50. The van der Waals surface area contributed by atoms with E-state index >= 15 is 0 Å². The molecule has 0 aromatic heterocycles. The van der Waals surface area contributed by atoms with Crippen LogP contribution >= 0.6 is 15.9 Å². The highest BCUT2D eigenvalue weighted by Crippen LogP contribution is 2.21. The highest BCUT2D eigenvalue weighted by Gasteiger charge is 2.13. The second-order valence-corrected chi connectivity index (χ2v) is 7.48. The summed E-state index contributed by atoms with van der Waals surface area (Å²) in [4.78, 5) is 12.3. The molecule has 0 aliphatic carbocycles. The van der Waals surface area contributed by atoms with E-state index in [9.17, 15) is 13.2 Å². The van der Waals surface area contributed by atoms with E-state index in [1.54, 1.807) is 37.3 Å². The number of anilines is 2. The molecule has 0 unspecified atom stereocenters. The summed E-state index contributed by atoms with van der Waals surface area (Å²) in [6.45, 7) is 1.70. The van der Waals surface area contributed by atoms with Gasteiger partial charge in [-0.1, -0.05) is 22.0 Å². The molecule has 0 heterocycles. The average Bonchev–Trinajstić information content (AvgIpc) is 2.42. The number of hydrogen-bond donors (Lipinski definition) is 2. The lowest BCUT2D eigenvalue weighted by atomic mass is 10.1. The molecular formula is C15H15BrN2O3S. The molecule has 2 N–H and O–H groups in total. The molecule has 0 bridgehead atoms. The summed E-state index contributed by atoms with van der Waals surface area (Å²) in [6.07, 6.45) is 1.07. The molecule has 0 saturated carbocycles. The topological polar surface area (TPSA) is 75.3 Å². The van der Waals surface area contributed by atoms with Crippen LogP contribution in [0.15, 0.2) is 46.9 Å². The van der Waals surface area contributed by atoms with Crippen LogP contribution in [0, 0.1) is 6.92 Å². The zero-order valence-electron chi connectivity index (χ0n) is 12.1. The van der Waals surface area contributed by atoms with Crippen molar-refractivity contribution in [3.63, 3.8) is 0 Å². The van der Waals surface area contributed by atoms with Crippen molar-refractivity contribution in [2.75, 3.05) is 16.3 Å². The molecule has 5 nitrogen and oxygen atoms in total. The molecule has 0 spiro atoms. The van der Waals surface area contributed by atoms with Crippen LogP contribution in [0.4, 0.5) is 11.4 Å². The van der Waals surface area contributed by atoms with E-state index in [2.05, 4.69) is 26.0 Å². The molecule has 0 aliphatic heterocycles. The Balaban J connectivity index is 2.26. The summed E-state index contributed by atoms with van der Waals surface area (Å²) in [5, 5.41) is 2.78. The summed E-state index contributed by atoms with van der Waals surface area (Å²) < 4.78 is 26.0. The first-order valence-corrected chi connectivity index (χ1v) is 9.09. The van der Waals surface area contributed by atoms with Gasteiger partial charge >= 0.3 is 0 Å². The van der Waals surface area contributed by atoms with Gasteiger partial charge in [0, 0.05) is 15.7 Å². The maximum atomic E-state index is 12.3. The molecule has 2 aromatic carbocycles. The molecule has 2 rings (SSSR count). The van der Waals surface area contributed by atoms with Crippen molar-refractivity contribution in [1.29, 1.82) is 0 Å². The lowest BCUT2D eigenvalue weighted by Crippen LogP contribution is -2.16. The molecule has 7 heteroatoms. The van der Waals surface area contributed by atoms with Crippen LogP contribution in [-0.2, 0) is 10.0 Å². The minimum absolute atomic E-state index is 0.294. The number of halogens is 1. The van der Waals surface area contributed by atoms with Gasteiger partial charge in [0.1, 0.15) is 0 Å². The molecule has 0 radical (unpaired) electrons. The van der Waals surface area contributed by atoms with Gasteiger partial charge in [0.2, 0.25) is 10.0 Å². The van der Waals surface area contributed by atoms with Gasteiger partial charge < -0.3 is 5.32 Å². The predicted octanol–water partition coefficient (Wildman–Crippen LogP) is 3.38. The normalized spacial score (nSPS) is 11.0. The van der Waals surface area contributed by atoms with Crippen molar-refractivity contribution in [2.24, 2.45) is 0 Å². The van der Waals surface area contributed by atoms with Crippen LogP contribution < -0.4 is 10.0 Å². The van der Waals surface area contributed by atoms with E-state index in [1.165, 1.54) is 0 Å². The first-order valence-electron chi connectivity index (χ1n) is 6.40. The van der Waals surface area contributed by atoms with Crippen molar-refractivity contribution >= 4 is 43.2 Å². The average molecular weight is 383 g/mol. The molecule has 1 amide bonds. The van der Waals surface area contributed by atoms with Crippen molar-refractivity contribution < 1.29 is 13.2 Å². The van der Waals surface area contributed by atoms with Crippen molar-refractivity contribution in [1.82, 2.24) is 0 Å². The second-order valence-electron chi connectivity index (χ2n) is 4.81. The standard InChI is InChI=1S/C15H15BrN2O3S/c1-10-13(4-3-5-14(10)18-22(2,20)21)15(19)17-12-8-6-11(16)7-9-12/h3-9,18H,1-2H3,(H,17,19). The Bertz CT molecular complexity index is 802. The number of nitrogens with one attached hydrogen (secondary N) is 2. The fourth-order valence-corrected chi connectivity index (χ4v) is 2.81. The summed E-state index contributed by atoms with van der Waals surface area (Å²) in [7, 11) is -3.39. The summed E-state index contributed by atoms with van der Waals surface area (Å²) in [5.41, 5.74) is 2.04. The van der Waals surface area contributed by atoms with Crippen molar-refractivity contribution in [2.45, 2.75) is 6.92 Å². The molecule has 2 aromatic rings. The highest BCUT2D eigenvalue weighted by molar-refractivity contribution is 9.10. The molecule has 0 atom stereocenters. The number of hydrogen-bond acceptors (Lipinski definition) is 3. The largest absolute Gasteiger partial charge is 0.322 e. The number of rotatable bonds is 4. The minimum atomic E-state index is -3.39. The van der Waals surface area contributed by atoms with Crippen molar-refractivity contribution in [3.8, 4) is 0 Å². The van der Waals surface area contributed by atoms with Crippen LogP contribution in [0.3, 0.4) is 0 Å². The summed E-state index contributed by atoms with van der Waals surface area (Å²) in [6, 6.07) is 12.1. The van der Waals surface area contributed by atoms with E-state index in [1.807, 2.05) is 12.1 Å². The van der Waals surface area contributed by atoms with Gasteiger partial charge in [0.25, 0.3) is 5.91 Å². The van der Waals surface area contributed by atoms with Crippen LogP contribution in [0.25, 0.3) is 0 Å². The predicted molar refractivity (Wildman–Crippen MR) is 91.7 cm³/mol. The van der Waals surface area contributed by atoms with Crippen LogP contribution in [0.5, 0.6) is 0 Å². The van der Waals surface area contributed by atoms with Gasteiger partial charge in [0.05, 0.1) is 11.9 Å². The SMILES string of the molecule is Cc1c(NS(C)(=O)=O)cccc1C(=O)Nc1ccc(Br)cc1. The van der Waals surface area contributed by atoms with E-state index in [4.69, 9.17) is 0 Å². The van der Waals surface area contributed by atoms with Gasteiger partial charge in [-0.2, -0.15) is 0 Å². The van der Waals surface area contributed by atoms with Gasteiger partial charge in [-0.15, -0.1) is 0 Å². The van der Waals surface area contributed by atoms with Gasteiger partial charge in [-0.3, -0.25) is 9.52 Å². The Kier molecular flexibility index (Phi) is 4.87. The maximum absolute atomic E-state index is 12.3. The third-order valence-corrected chi connectivity index (χ3v) is 4.10. The van der Waals surface area contributed by atoms with Gasteiger partial charge in [-0.25, -0.2) is 8.42 Å². The number of carbonyl (C=O) groups is 1. The van der Waals surface area contributed by atoms with Crippen LogP contribution in [0.2, 0.25) is 0 Å². The smallest absolute Gasteiger partial charge is 0.256 e. The van der Waals surface area contributed by atoms with E-state index in [0.29, 0.717) is 22.5 Å². The molecular weight excluding hydrogens is 368 g/mol. The summed E-state index contributed by atoms with van der Waals surface area (Å²) >= 11 is 3.33. The fraction of sp³-hybridized carbons (Fsp3) is 0.133. The van der Waals surface area contributed by atoms with Crippen LogP contribution in [0.1, 0.15) is 15.9 Å². The Hall–Kier alpha value is -1.86. The Labute approximate surface area is 137 Å². The molecule has 22 heavy (non-hydrogen) atoms. The molecule has 0 aliphatic rings. The lowest BCUT2D eigenvalue weighted by molar-refractivity contribution is 0.102. The fourth-order valence-electron chi connectivity index (χ4n) is 1.92. The Morgan fingerprint density at radius 1 is 1.09 bits per heavy atom. The molecule has 0 fully saturated rings. The van der Waals surface area contributed by atoms with Gasteiger partial charge in [0.15, 0.2) is 0 Å². The monoisotopic (exact) mass is 382 g/mol. The highest BCUT2D eigenvalue weighted by atomic mass is 79.9. The Morgan fingerprint density at radius 3 is 2.32 bits per heavy atom. The third kappa shape index (κ3) is 4.32. The van der Waals surface area contributed by atoms with E-state index in [0.717, 1.165) is 10.7 Å². The van der Waals surface area contributed by atoms with E-state index < -0.39 is 10.0 Å². The number of amides is 1. The number of benzene rings is 2. The molecule has 0 saturated heterocycles. The first kappa shape index (κ1) is 16.5. The van der Waals surface area contributed by atoms with Crippen molar-refractivity contribution in [3.05, 3.63) is 58.1 Å². The third-order valence-electron chi connectivity index (χ3n) is 2.98. The van der Waals surface area contributed by atoms with E-state index in [-0.39, 0.29) is 5.91 Å². The van der Waals surface area contributed by atoms with Crippen LogP contribution in [-0.4, -0.2) is 20.6 Å². The minimum Gasteiger partial charge on any atom is -0.322 e. The zero-order valence-corrected chi connectivity index (χ0v) is 14.5. The number of sulfonamides is 1. The summed E-state index contributed by atoms with van der Waals surface area (Å²) in [5.74, 6) is -0.294. The number of carbonyl (C=O) groups excluding carboxylic acids is 1. The quantitative estimate of drug-likeness (QED) is 0.850. The first-order chi connectivity index (χ1) is 10.3. The zero-order chi connectivity index (χ0) is 16.3.